The minimum Gasteiger partial charge on any atom is -0.460 e. The van der Waals surface area contributed by atoms with Gasteiger partial charge in [0.05, 0.1) is 12.3 Å². The van der Waals surface area contributed by atoms with E-state index in [4.69, 9.17) is 4.74 Å². The normalized spacial score (nSPS) is 12.1. The first kappa shape index (κ1) is 19.8. The zero-order chi connectivity index (χ0) is 16.8. The highest BCUT2D eigenvalue weighted by molar-refractivity contribution is 6.04. The first-order chi connectivity index (χ1) is 9.42. The molecule has 4 nitrogen and oxygen atoms in total. The van der Waals surface area contributed by atoms with Crippen molar-refractivity contribution in [2.75, 3.05) is 0 Å². The van der Waals surface area contributed by atoms with Gasteiger partial charge in [0.15, 0.2) is 0 Å². The summed E-state index contributed by atoms with van der Waals surface area (Å²) in [4.78, 5) is 36.4. The molecule has 0 aliphatic carbocycles. The van der Waals surface area contributed by atoms with Gasteiger partial charge in [0.2, 0.25) is 0 Å². The van der Waals surface area contributed by atoms with Gasteiger partial charge in [0.1, 0.15) is 17.2 Å². The second kappa shape index (κ2) is 8.30. The van der Waals surface area contributed by atoms with Crippen LogP contribution in [-0.4, -0.2) is 23.1 Å². The monoisotopic (exact) mass is 298 g/mol. The van der Waals surface area contributed by atoms with Crippen LogP contribution in [0.2, 0.25) is 0 Å². The molecule has 4 heteroatoms. The number of Topliss-reactive ketones (excluding diaryl/α,β-unsaturated/α-hetero) is 2. The Labute approximate surface area is 128 Å². The molecule has 0 fully saturated rings. The van der Waals surface area contributed by atoms with Crippen LogP contribution in [-0.2, 0) is 19.1 Å². The maximum atomic E-state index is 12.2. The van der Waals surface area contributed by atoms with E-state index in [0.29, 0.717) is 12.8 Å². The Hall–Kier alpha value is -1.19. The summed E-state index contributed by atoms with van der Waals surface area (Å²) in [6, 6.07) is 0. The molecule has 0 aromatic rings. The number of rotatable bonds is 8. The molecule has 0 atom stereocenters. The fourth-order valence-electron chi connectivity index (χ4n) is 2.05. The summed E-state index contributed by atoms with van der Waals surface area (Å²) in [5, 5.41) is 0. The van der Waals surface area contributed by atoms with Gasteiger partial charge in [-0.05, 0) is 32.6 Å². The van der Waals surface area contributed by atoms with Crippen LogP contribution in [0.25, 0.3) is 0 Å². The van der Waals surface area contributed by atoms with Crippen molar-refractivity contribution in [1.82, 2.24) is 0 Å². The lowest BCUT2D eigenvalue weighted by Gasteiger charge is -2.22. The van der Waals surface area contributed by atoms with Crippen LogP contribution in [0.1, 0.15) is 67.7 Å². The molecule has 122 valence electrons. The highest BCUT2D eigenvalue weighted by Gasteiger charge is 2.31. The van der Waals surface area contributed by atoms with E-state index in [2.05, 4.69) is 0 Å². The molecule has 0 spiro atoms. The van der Waals surface area contributed by atoms with Crippen molar-refractivity contribution < 1.29 is 19.1 Å². The number of ether oxygens (including phenoxy) is 1. The van der Waals surface area contributed by atoms with E-state index in [1.807, 2.05) is 27.7 Å². The third-order valence-corrected chi connectivity index (χ3v) is 2.79. The lowest BCUT2D eigenvalue weighted by Crippen LogP contribution is -2.32. The third-order valence-electron chi connectivity index (χ3n) is 2.79. The molecule has 0 saturated carbocycles. The molecular weight excluding hydrogens is 268 g/mol. The van der Waals surface area contributed by atoms with Crippen LogP contribution in [0.4, 0.5) is 0 Å². The number of ketones is 2. The van der Waals surface area contributed by atoms with E-state index in [-0.39, 0.29) is 29.8 Å². The Balaban J connectivity index is 4.92. The smallest absolute Gasteiger partial charge is 0.307 e. The first-order valence-electron chi connectivity index (χ1n) is 7.69. The summed E-state index contributed by atoms with van der Waals surface area (Å²) in [7, 11) is 0. The second-order valence-corrected chi connectivity index (χ2v) is 7.47. The number of carbonyl (C=O) groups is 3. The van der Waals surface area contributed by atoms with Gasteiger partial charge >= 0.3 is 5.97 Å². The molecule has 0 aromatic heterocycles. The highest BCUT2D eigenvalue weighted by Crippen LogP contribution is 2.19. The predicted octanol–water partition coefficient (Wildman–Crippen LogP) is 3.56. The van der Waals surface area contributed by atoms with Crippen molar-refractivity contribution in [3.05, 3.63) is 0 Å². The molecule has 0 rings (SSSR count). The van der Waals surface area contributed by atoms with Crippen molar-refractivity contribution in [3.8, 4) is 0 Å². The standard InChI is InChI=1S/C17H30O4/c1-11(2)8-14(18)13(15(19)9-12(3)4)10-16(20)21-17(5,6)7/h11-13H,8-10H2,1-7H3. The molecule has 0 bridgehead atoms. The minimum atomic E-state index is -0.857. The maximum Gasteiger partial charge on any atom is 0.307 e. The van der Waals surface area contributed by atoms with Crippen molar-refractivity contribution >= 4 is 17.5 Å². The van der Waals surface area contributed by atoms with Gasteiger partial charge in [0, 0.05) is 12.8 Å². The Morgan fingerprint density at radius 1 is 0.810 bits per heavy atom. The lowest BCUT2D eigenvalue weighted by molar-refractivity contribution is -0.158. The Morgan fingerprint density at radius 2 is 1.19 bits per heavy atom. The molecule has 0 N–H and O–H groups in total. The van der Waals surface area contributed by atoms with E-state index in [1.165, 1.54) is 0 Å². The van der Waals surface area contributed by atoms with E-state index >= 15 is 0 Å². The molecule has 0 aromatic carbocycles. The van der Waals surface area contributed by atoms with E-state index in [9.17, 15) is 14.4 Å². The zero-order valence-electron chi connectivity index (χ0n) is 14.5. The molecule has 0 aliphatic rings. The van der Waals surface area contributed by atoms with Crippen molar-refractivity contribution in [3.63, 3.8) is 0 Å². The van der Waals surface area contributed by atoms with Gasteiger partial charge in [0.25, 0.3) is 0 Å². The van der Waals surface area contributed by atoms with Crippen LogP contribution in [0, 0.1) is 17.8 Å². The second-order valence-electron chi connectivity index (χ2n) is 7.47. The van der Waals surface area contributed by atoms with Gasteiger partial charge in [-0.15, -0.1) is 0 Å². The third kappa shape index (κ3) is 9.38. The van der Waals surface area contributed by atoms with E-state index in [0.717, 1.165) is 0 Å². The molecule has 0 heterocycles. The van der Waals surface area contributed by atoms with Gasteiger partial charge < -0.3 is 4.74 Å². The summed E-state index contributed by atoms with van der Waals surface area (Å²) in [6.45, 7) is 13.0. The Morgan fingerprint density at radius 3 is 1.48 bits per heavy atom. The van der Waals surface area contributed by atoms with E-state index < -0.39 is 17.5 Å². The quantitative estimate of drug-likeness (QED) is 0.508. The maximum absolute atomic E-state index is 12.2. The lowest BCUT2D eigenvalue weighted by atomic mass is 9.86. The van der Waals surface area contributed by atoms with Gasteiger partial charge in [-0.25, -0.2) is 0 Å². The topological polar surface area (TPSA) is 60.4 Å². The SMILES string of the molecule is CC(C)CC(=O)C(CC(=O)OC(C)(C)C)C(=O)CC(C)C. The van der Waals surface area contributed by atoms with Gasteiger partial charge in [-0.3, -0.25) is 14.4 Å². The van der Waals surface area contributed by atoms with Crippen LogP contribution in [0.5, 0.6) is 0 Å². The largest absolute Gasteiger partial charge is 0.460 e. The van der Waals surface area contributed by atoms with Crippen molar-refractivity contribution in [2.45, 2.75) is 73.3 Å². The molecule has 0 saturated heterocycles. The zero-order valence-corrected chi connectivity index (χ0v) is 14.5. The van der Waals surface area contributed by atoms with Crippen LogP contribution >= 0.6 is 0 Å². The molecule has 0 amide bonds. The summed E-state index contributed by atoms with van der Waals surface area (Å²) >= 11 is 0. The molecular formula is C17H30O4. The van der Waals surface area contributed by atoms with E-state index in [1.54, 1.807) is 20.8 Å². The Kier molecular flexibility index (Phi) is 7.83. The number of esters is 1. The fourth-order valence-corrected chi connectivity index (χ4v) is 2.05. The predicted molar refractivity (Wildman–Crippen MR) is 82.9 cm³/mol. The number of hydrogen-bond donors (Lipinski definition) is 0. The first-order valence-corrected chi connectivity index (χ1v) is 7.69. The molecule has 0 unspecified atom stereocenters. The minimum absolute atomic E-state index is 0.144. The summed E-state index contributed by atoms with van der Waals surface area (Å²) in [5.74, 6) is -1.30. The van der Waals surface area contributed by atoms with Gasteiger partial charge in [-0.1, -0.05) is 27.7 Å². The van der Waals surface area contributed by atoms with Crippen LogP contribution in [0.15, 0.2) is 0 Å². The molecule has 21 heavy (non-hydrogen) atoms. The number of carbonyl (C=O) groups excluding carboxylic acids is 3. The fraction of sp³-hybridized carbons (Fsp3) is 0.824. The summed E-state index contributed by atoms with van der Waals surface area (Å²) in [5.41, 5.74) is -0.607. The average molecular weight is 298 g/mol. The summed E-state index contributed by atoms with van der Waals surface area (Å²) in [6.07, 6.45) is 0.489. The average Bonchev–Trinajstić information content (AvgIpc) is 2.20. The van der Waals surface area contributed by atoms with Crippen molar-refractivity contribution in [2.24, 2.45) is 17.8 Å². The Bertz CT molecular complexity index is 353. The van der Waals surface area contributed by atoms with Gasteiger partial charge in [-0.2, -0.15) is 0 Å². The summed E-state index contributed by atoms with van der Waals surface area (Å²) < 4.78 is 5.24. The van der Waals surface area contributed by atoms with Crippen molar-refractivity contribution in [1.29, 1.82) is 0 Å². The van der Waals surface area contributed by atoms with Crippen LogP contribution in [0.3, 0.4) is 0 Å². The highest BCUT2D eigenvalue weighted by atomic mass is 16.6. The number of hydrogen-bond acceptors (Lipinski definition) is 4. The molecule has 0 aliphatic heterocycles. The van der Waals surface area contributed by atoms with Crippen LogP contribution < -0.4 is 0 Å². The molecule has 0 radical (unpaired) electrons.